The van der Waals surface area contributed by atoms with E-state index in [1.165, 1.54) is 77.0 Å². The van der Waals surface area contributed by atoms with E-state index in [-0.39, 0.29) is 38.9 Å². The van der Waals surface area contributed by atoms with Crippen molar-refractivity contribution in [3.8, 4) is 0 Å². The van der Waals surface area contributed by atoms with E-state index in [0.717, 1.165) is 38.5 Å². The van der Waals surface area contributed by atoms with Crippen molar-refractivity contribution in [2.45, 2.75) is 208 Å². The average molecular weight is 822 g/mol. The molecule has 11 nitrogen and oxygen atoms in total. The van der Waals surface area contributed by atoms with Crippen LogP contribution in [-0.4, -0.2) is 80.0 Å². The molecule has 58 heavy (non-hydrogen) atoms. The van der Waals surface area contributed by atoms with Gasteiger partial charge < -0.3 is 28.6 Å². The molecular formula is C47H83NO10. The number of carbonyl (C=O) groups excluding carboxylic acids is 5. The van der Waals surface area contributed by atoms with Gasteiger partial charge in [0.1, 0.15) is 5.60 Å². The molecule has 2 aliphatic heterocycles. The minimum absolute atomic E-state index is 0.0434. The molecule has 0 unspecified atom stereocenters. The van der Waals surface area contributed by atoms with Gasteiger partial charge in [-0.2, -0.15) is 0 Å². The zero-order chi connectivity index (χ0) is 42.9. The standard InChI is InChI=1S/C47H83NO10/c1-8-12-16-20-38(21-17-13-9-2)28-30-54-40(49)24-26-42(51)56-36-46-32-47(33-46,35-48(34-46)44(53)58-45(5,6)7)37-57-43(52)27-25-41(50)55-31-29-39(22-18-14-10-3)23-19-15-11-4/h38-39H,8-37H2,1-7H3. The third-order valence-electron chi connectivity index (χ3n) is 11.8. The summed E-state index contributed by atoms with van der Waals surface area (Å²) >= 11 is 0. The lowest BCUT2D eigenvalue weighted by atomic mass is 9.50. The van der Waals surface area contributed by atoms with Crippen molar-refractivity contribution in [2.75, 3.05) is 39.5 Å². The molecule has 1 amide bonds. The van der Waals surface area contributed by atoms with Crippen molar-refractivity contribution >= 4 is 30.0 Å². The SMILES string of the molecule is CCCCCC(CCCCC)CCOC(=O)CCC(=O)OCC12CN(C(=O)OC(C)(C)C)CC(COC(=O)CCC(=O)OCCC(CCCCC)CCCCC)(C1)C2. The second-order valence-electron chi connectivity index (χ2n) is 18.7. The Hall–Kier alpha value is -2.85. The monoisotopic (exact) mass is 822 g/mol. The third-order valence-corrected chi connectivity index (χ3v) is 11.8. The Balaban J connectivity index is 1.83. The number of nitrogens with zero attached hydrogens (tertiary/aromatic N) is 1. The summed E-state index contributed by atoms with van der Waals surface area (Å²) in [4.78, 5) is 65.5. The summed E-state index contributed by atoms with van der Waals surface area (Å²) < 4.78 is 28.1. The largest absolute Gasteiger partial charge is 0.466 e. The number of ether oxygens (including phenoxy) is 5. The summed E-state index contributed by atoms with van der Waals surface area (Å²) in [5.41, 5.74) is -1.73. The average Bonchev–Trinajstić information content (AvgIpc) is 3.16. The van der Waals surface area contributed by atoms with Gasteiger partial charge in [-0.3, -0.25) is 19.2 Å². The second-order valence-corrected chi connectivity index (χ2v) is 18.7. The smallest absolute Gasteiger partial charge is 0.410 e. The molecule has 0 atom stereocenters. The summed E-state index contributed by atoms with van der Waals surface area (Å²) in [5.74, 6) is -0.659. The number of carbonyl (C=O) groups is 5. The summed E-state index contributed by atoms with van der Waals surface area (Å²) in [6, 6.07) is 0. The van der Waals surface area contributed by atoms with Crippen LogP contribution in [-0.2, 0) is 42.9 Å². The van der Waals surface area contributed by atoms with E-state index in [0.29, 0.717) is 51.0 Å². The number of esters is 4. The topological polar surface area (TPSA) is 135 Å². The Morgan fingerprint density at radius 3 is 1.14 bits per heavy atom. The van der Waals surface area contributed by atoms with Crippen LogP contribution in [0.1, 0.15) is 203 Å². The number of hydrogen-bond donors (Lipinski definition) is 0. The van der Waals surface area contributed by atoms with Crippen molar-refractivity contribution in [1.82, 2.24) is 4.90 Å². The fraction of sp³-hybridized carbons (Fsp3) is 0.894. The van der Waals surface area contributed by atoms with Gasteiger partial charge in [-0.15, -0.1) is 0 Å². The minimum atomic E-state index is -0.697. The molecule has 0 aromatic heterocycles. The lowest BCUT2D eigenvalue weighted by Gasteiger charge is -2.62. The molecule has 1 aliphatic carbocycles. The zero-order valence-corrected chi connectivity index (χ0v) is 37.9. The lowest BCUT2D eigenvalue weighted by Crippen LogP contribution is -2.67. The first-order valence-electron chi connectivity index (χ1n) is 23.3. The van der Waals surface area contributed by atoms with Crippen LogP contribution in [0, 0.1) is 22.7 Å². The van der Waals surface area contributed by atoms with E-state index in [2.05, 4.69) is 27.7 Å². The molecular weight excluding hydrogens is 739 g/mol. The summed E-state index contributed by atoms with van der Waals surface area (Å²) in [5, 5.41) is 0. The number of unbranched alkanes of at least 4 members (excludes halogenated alkanes) is 8. The predicted octanol–water partition coefficient (Wildman–Crippen LogP) is 11.1. The molecule has 0 N–H and O–H groups in total. The predicted molar refractivity (Wildman–Crippen MR) is 227 cm³/mol. The maximum Gasteiger partial charge on any atom is 0.410 e. The summed E-state index contributed by atoms with van der Waals surface area (Å²) in [6.45, 7) is 15.8. The maximum atomic E-state index is 13.2. The fourth-order valence-electron chi connectivity index (χ4n) is 8.82. The Morgan fingerprint density at radius 2 is 0.828 bits per heavy atom. The van der Waals surface area contributed by atoms with Crippen molar-refractivity contribution < 1.29 is 47.7 Å². The molecule has 0 spiro atoms. The normalized spacial score (nSPS) is 18.8. The first-order chi connectivity index (χ1) is 27.7. The molecule has 2 saturated heterocycles. The quantitative estimate of drug-likeness (QED) is 0.0366. The highest BCUT2D eigenvalue weighted by Crippen LogP contribution is 2.59. The van der Waals surface area contributed by atoms with Gasteiger partial charge in [-0.05, 0) is 58.3 Å². The van der Waals surface area contributed by atoms with Crippen LogP contribution in [0.15, 0.2) is 0 Å². The Morgan fingerprint density at radius 1 is 0.500 bits per heavy atom. The molecule has 3 fully saturated rings. The van der Waals surface area contributed by atoms with E-state index in [1.807, 2.05) is 0 Å². The highest BCUT2D eigenvalue weighted by Gasteiger charge is 2.62. The number of piperidine rings is 2. The summed E-state index contributed by atoms with van der Waals surface area (Å²) in [7, 11) is 0. The first kappa shape index (κ1) is 51.3. The van der Waals surface area contributed by atoms with Gasteiger partial charge in [0.2, 0.25) is 0 Å². The Bertz CT molecular complexity index is 1110. The molecule has 3 rings (SSSR count). The molecule has 2 heterocycles. The van der Waals surface area contributed by atoms with Gasteiger partial charge in [0.05, 0.1) is 52.1 Å². The number of hydrogen-bond acceptors (Lipinski definition) is 10. The van der Waals surface area contributed by atoms with Crippen molar-refractivity contribution in [1.29, 1.82) is 0 Å². The van der Waals surface area contributed by atoms with E-state index in [1.54, 1.807) is 25.7 Å². The van der Waals surface area contributed by atoms with Crippen LogP contribution < -0.4 is 0 Å². The molecule has 0 radical (unpaired) electrons. The molecule has 336 valence electrons. The van der Waals surface area contributed by atoms with E-state index >= 15 is 0 Å². The molecule has 0 aromatic carbocycles. The van der Waals surface area contributed by atoms with Crippen LogP contribution in [0.5, 0.6) is 0 Å². The van der Waals surface area contributed by atoms with E-state index < -0.39 is 46.4 Å². The fourth-order valence-corrected chi connectivity index (χ4v) is 8.82. The number of fused-ring (bicyclic) bond motifs is 2. The van der Waals surface area contributed by atoms with Crippen LogP contribution >= 0.6 is 0 Å². The van der Waals surface area contributed by atoms with Gasteiger partial charge in [0, 0.05) is 23.9 Å². The zero-order valence-electron chi connectivity index (χ0n) is 37.9. The van der Waals surface area contributed by atoms with Gasteiger partial charge >= 0.3 is 30.0 Å². The van der Waals surface area contributed by atoms with Crippen LogP contribution in [0.25, 0.3) is 0 Å². The molecule has 11 heteroatoms. The van der Waals surface area contributed by atoms with Crippen LogP contribution in [0.4, 0.5) is 4.79 Å². The lowest BCUT2D eigenvalue weighted by molar-refractivity contribution is -0.193. The Labute approximate surface area is 352 Å². The summed E-state index contributed by atoms with van der Waals surface area (Å²) in [6.07, 6.45) is 21.3. The molecule has 1 saturated carbocycles. The van der Waals surface area contributed by atoms with Crippen LogP contribution in [0.2, 0.25) is 0 Å². The molecule has 0 aromatic rings. The maximum absolute atomic E-state index is 13.2. The molecule has 2 bridgehead atoms. The van der Waals surface area contributed by atoms with Crippen LogP contribution in [0.3, 0.4) is 0 Å². The van der Waals surface area contributed by atoms with Crippen molar-refractivity contribution in [2.24, 2.45) is 22.7 Å². The van der Waals surface area contributed by atoms with Gasteiger partial charge in [-0.25, -0.2) is 4.79 Å². The van der Waals surface area contributed by atoms with Gasteiger partial charge in [0.15, 0.2) is 0 Å². The highest BCUT2D eigenvalue weighted by atomic mass is 16.6. The first-order valence-corrected chi connectivity index (χ1v) is 23.3. The number of rotatable bonds is 32. The van der Waals surface area contributed by atoms with E-state index in [9.17, 15) is 24.0 Å². The van der Waals surface area contributed by atoms with Crippen molar-refractivity contribution in [3.63, 3.8) is 0 Å². The van der Waals surface area contributed by atoms with E-state index in [4.69, 9.17) is 23.7 Å². The molecule has 3 aliphatic rings. The van der Waals surface area contributed by atoms with Gasteiger partial charge in [-0.1, -0.05) is 130 Å². The Kier molecular flexibility index (Phi) is 24.6. The second kappa shape index (κ2) is 27.8. The number of amides is 1. The van der Waals surface area contributed by atoms with Gasteiger partial charge in [0.25, 0.3) is 0 Å². The minimum Gasteiger partial charge on any atom is -0.466 e. The highest BCUT2D eigenvalue weighted by molar-refractivity contribution is 5.78. The van der Waals surface area contributed by atoms with Crippen molar-refractivity contribution in [3.05, 3.63) is 0 Å². The third kappa shape index (κ3) is 21.4.